The highest BCUT2D eigenvalue weighted by atomic mass is 16.4. The Labute approximate surface area is 110 Å². The van der Waals surface area contributed by atoms with Crippen molar-refractivity contribution in [2.75, 3.05) is 5.32 Å². The molecule has 0 aliphatic carbocycles. The zero-order valence-electron chi connectivity index (χ0n) is 10.1. The van der Waals surface area contributed by atoms with Crippen molar-refractivity contribution in [3.05, 3.63) is 48.0 Å². The van der Waals surface area contributed by atoms with Crippen LogP contribution in [0.15, 0.2) is 42.5 Å². The summed E-state index contributed by atoms with van der Waals surface area (Å²) in [6.07, 6.45) is 0. The summed E-state index contributed by atoms with van der Waals surface area (Å²) in [5.74, 6) is 0.123. The third kappa shape index (κ3) is 3.18. The van der Waals surface area contributed by atoms with Crippen LogP contribution in [0.2, 0.25) is 0 Å². The van der Waals surface area contributed by atoms with Crippen molar-refractivity contribution in [3.8, 4) is 11.5 Å². The summed E-state index contributed by atoms with van der Waals surface area (Å²) in [5.41, 5.74) is 1.42. The number of hydrogen-bond acceptors (Lipinski definition) is 5. The maximum absolute atomic E-state index is 9.64. The number of rotatable bonds is 4. The molecular formula is C13H14BNO4. The van der Waals surface area contributed by atoms with E-state index in [-0.39, 0.29) is 18.0 Å². The van der Waals surface area contributed by atoms with Crippen LogP contribution in [-0.2, 0) is 6.54 Å². The van der Waals surface area contributed by atoms with Gasteiger partial charge in [0.25, 0.3) is 0 Å². The smallest absolute Gasteiger partial charge is 0.490 e. The normalized spacial score (nSPS) is 10.2. The van der Waals surface area contributed by atoms with Crippen LogP contribution in [0.5, 0.6) is 11.5 Å². The number of phenolic OH excluding ortho intramolecular Hbond substituents is 2. The number of nitrogens with one attached hydrogen (secondary N) is 1. The SMILES string of the molecule is OB(O)c1ccccc1NCc1cc(O)ccc1O. The Balaban J connectivity index is 2.17. The molecule has 19 heavy (non-hydrogen) atoms. The second-order valence-corrected chi connectivity index (χ2v) is 4.13. The second-order valence-electron chi connectivity index (χ2n) is 4.13. The highest BCUT2D eigenvalue weighted by Gasteiger charge is 2.15. The van der Waals surface area contributed by atoms with E-state index in [4.69, 9.17) is 0 Å². The lowest BCUT2D eigenvalue weighted by molar-refractivity contribution is 0.426. The third-order valence-electron chi connectivity index (χ3n) is 2.77. The summed E-state index contributed by atoms with van der Waals surface area (Å²) >= 11 is 0. The van der Waals surface area contributed by atoms with Gasteiger partial charge in [0.05, 0.1) is 0 Å². The van der Waals surface area contributed by atoms with Gasteiger partial charge >= 0.3 is 7.12 Å². The van der Waals surface area contributed by atoms with Crippen LogP contribution in [0, 0.1) is 0 Å². The molecule has 0 saturated carbocycles. The minimum atomic E-state index is -1.57. The molecule has 0 unspecified atom stereocenters. The molecule has 2 aromatic rings. The van der Waals surface area contributed by atoms with Gasteiger partial charge in [0.1, 0.15) is 11.5 Å². The number of anilines is 1. The maximum Gasteiger partial charge on any atom is 0.490 e. The van der Waals surface area contributed by atoms with Crippen molar-refractivity contribution in [1.82, 2.24) is 0 Å². The average Bonchev–Trinajstić information content (AvgIpc) is 2.40. The molecule has 2 aromatic carbocycles. The van der Waals surface area contributed by atoms with Crippen molar-refractivity contribution >= 4 is 18.3 Å². The molecule has 2 rings (SSSR count). The van der Waals surface area contributed by atoms with Crippen LogP contribution in [0.1, 0.15) is 5.56 Å². The molecule has 0 aliphatic rings. The predicted molar refractivity (Wildman–Crippen MR) is 73.4 cm³/mol. The number of benzene rings is 2. The van der Waals surface area contributed by atoms with E-state index in [1.165, 1.54) is 18.2 Å². The lowest BCUT2D eigenvalue weighted by Crippen LogP contribution is -2.32. The standard InChI is InChI=1S/C13H14BNO4/c16-10-5-6-13(17)9(7-10)8-15-12-4-2-1-3-11(12)14(18)19/h1-7,15-19H,8H2. The highest BCUT2D eigenvalue weighted by molar-refractivity contribution is 6.60. The number of phenols is 2. The van der Waals surface area contributed by atoms with E-state index in [0.29, 0.717) is 16.7 Å². The van der Waals surface area contributed by atoms with Gasteiger partial charge in [-0.1, -0.05) is 18.2 Å². The zero-order valence-corrected chi connectivity index (χ0v) is 10.1. The lowest BCUT2D eigenvalue weighted by atomic mass is 9.79. The molecule has 0 heterocycles. The number of hydrogen-bond donors (Lipinski definition) is 5. The Morgan fingerprint density at radius 1 is 1.00 bits per heavy atom. The Kier molecular flexibility index (Phi) is 3.94. The molecule has 0 radical (unpaired) electrons. The van der Waals surface area contributed by atoms with E-state index in [9.17, 15) is 20.3 Å². The molecule has 0 fully saturated rings. The minimum Gasteiger partial charge on any atom is -0.508 e. The molecule has 0 atom stereocenters. The monoisotopic (exact) mass is 259 g/mol. The molecule has 0 spiro atoms. The highest BCUT2D eigenvalue weighted by Crippen LogP contribution is 2.22. The van der Waals surface area contributed by atoms with Gasteiger partial charge in [0, 0.05) is 23.3 Å². The number of aromatic hydroxyl groups is 2. The fraction of sp³-hybridized carbons (Fsp3) is 0.0769. The summed E-state index contributed by atoms with van der Waals surface area (Å²) in [7, 11) is -1.57. The first kappa shape index (κ1) is 13.3. The minimum absolute atomic E-state index is 0.0603. The van der Waals surface area contributed by atoms with Gasteiger partial charge in [0.15, 0.2) is 0 Å². The summed E-state index contributed by atoms with van der Waals surface area (Å²) in [6.45, 7) is 0.254. The molecule has 0 aromatic heterocycles. The Morgan fingerprint density at radius 3 is 2.47 bits per heavy atom. The van der Waals surface area contributed by atoms with E-state index in [2.05, 4.69) is 5.32 Å². The Bertz CT molecular complexity index is 574. The first-order valence-electron chi connectivity index (χ1n) is 5.77. The van der Waals surface area contributed by atoms with Gasteiger partial charge < -0.3 is 25.6 Å². The average molecular weight is 259 g/mol. The molecular weight excluding hydrogens is 245 g/mol. The fourth-order valence-corrected chi connectivity index (χ4v) is 1.79. The maximum atomic E-state index is 9.64. The van der Waals surface area contributed by atoms with Crippen LogP contribution >= 0.6 is 0 Å². The quantitative estimate of drug-likeness (QED) is 0.404. The second kappa shape index (κ2) is 5.64. The molecule has 0 aliphatic heterocycles. The molecule has 0 saturated heterocycles. The van der Waals surface area contributed by atoms with Crippen LogP contribution in [0.3, 0.4) is 0 Å². The molecule has 0 bridgehead atoms. The summed E-state index contributed by atoms with van der Waals surface area (Å²) in [5, 5.41) is 40.4. The van der Waals surface area contributed by atoms with Gasteiger partial charge in [-0.15, -0.1) is 0 Å². The first-order valence-corrected chi connectivity index (χ1v) is 5.77. The van der Waals surface area contributed by atoms with E-state index < -0.39 is 7.12 Å². The lowest BCUT2D eigenvalue weighted by Gasteiger charge is -2.12. The van der Waals surface area contributed by atoms with Crippen LogP contribution in [-0.4, -0.2) is 27.4 Å². The van der Waals surface area contributed by atoms with E-state index in [1.807, 2.05) is 0 Å². The topological polar surface area (TPSA) is 93.0 Å². The predicted octanol–water partition coefficient (Wildman–Crippen LogP) is 0.390. The van der Waals surface area contributed by atoms with Crippen molar-refractivity contribution in [2.24, 2.45) is 0 Å². The van der Waals surface area contributed by atoms with Crippen molar-refractivity contribution in [2.45, 2.75) is 6.54 Å². The molecule has 5 nitrogen and oxygen atoms in total. The molecule has 0 amide bonds. The van der Waals surface area contributed by atoms with Gasteiger partial charge in [-0.05, 0) is 24.3 Å². The van der Waals surface area contributed by atoms with E-state index in [1.54, 1.807) is 24.3 Å². The van der Waals surface area contributed by atoms with Gasteiger partial charge in [-0.25, -0.2) is 0 Å². The van der Waals surface area contributed by atoms with Crippen LogP contribution in [0.4, 0.5) is 5.69 Å². The molecule has 6 heteroatoms. The Morgan fingerprint density at radius 2 is 1.74 bits per heavy atom. The molecule has 98 valence electrons. The molecule has 5 N–H and O–H groups in total. The third-order valence-corrected chi connectivity index (χ3v) is 2.77. The largest absolute Gasteiger partial charge is 0.508 e. The van der Waals surface area contributed by atoms with Gasteiger partial charge in [-0.2, -0.15) is 0 Å². The van der Waals surface area contributed by atoms with Gasteiger partial charge in [0.2, 0.25) is 0 Å². The summed E-state index contributed by atoms with van der Waals surface area (Å²) in [4.78, 5) is 0. The summed E-state index contributed by atoms with van der Waals surface area (Å²) in [6, 6.07) is 11.0. The van der Waals surface area contributed by atoms with E-state index >= 15 is 0 Å². The number of para-hydroxylation sites is 1. The first-order chi connectivity index (χ1) is 9.08. The fourth-order valence-electron chi connectivity index (χ4n) is 1.79. The van der Waals surface area contributed by atoms with Crippen LogP contribution in [0.25, 0.3) is 0 Å². The van der Waals surface area contributed by atoms with Crippen molar-refractivity contribution in [3.63, 3.8) is 0 Å². The summed E-state index contributed by atoms with van der Waals surface area (Å²) < 4.78 is 0. The van der Waals surface area contributed by atoms with Crippen molar-refractivity contribution in [1.29, 1.82) is 0 Å². The van der Waals surface area contributed by atoms with Crippen molar-refractivity contribution < 1.29 is 20.3 Å². The van der Waals surface area contributed by atoms with Gasteiger partial charge in [-0.3, -0.25) is 0 Å². The zero-order chi connectivity index (χ0) is 13.8. The van der Waals surface area contributed by atoms with E-state index in [0.717, 1.165) is 0 Å². The Hall–Kier alpha value is -2.18. The van der Waals surface area contributed by atoms with Crippen LogP contribution < -0.4 is 10.8 Å².